The molecule has 0 bridgehead atoms. The predicted octanol–water partition coefficient (Wildman–Crippen LogP) is 3.79. The molecule has 1 aliphatic heterocycles. The molecule has 0 atom stereocenters. The minimum Gasteiger partial charge on any atom is -0.454 e. The molecule has 1 aromatic carbocycles. The van der Waals surface area contributed by atoms with Crippen LogP contribution in [0.25, 0.3) is 6.08 Å². The van der Waals surface area contributed by atoms with Crippen LogP contribution in [-0.2, 0) is 4.79 Å². The number of carbonyl (C=O) groups is 2. The van der Waals surface area contributed by atoms with Crippen LogP contribution >= 0.6 is 11.3 Å². The number of nitrogens with one attached hydrogen (secondary N) is 1. The number of fused-ring (bicyclic) bond motifs is 1. The number of amides is 2. The van der Waals surface area contributed by atoms with E-state index in [0.717, 1.165) is 16.9 Å². The molecule has 0 saturated heterocycles. The van der Waals surface area contributed by atoms with Gasteiger partial charge in [-0.2, -0.15) is 5.26 Å². The number of rotatable bonds is 6. The third-order valence-corrected chi connectivity index (χ3v) is 5.76. The number of hydrogen-bond acceptors (Lipinski definition) is 6. The first-order valence-electron chi connectivity index (χ1n) is 9.19. The van der Waals surface area contributed by atoms with Gasteiger partial charge in [-0.1, -0.05) is 6.07 Å². The lowest BCUT2D eigenvalue weighted by Crippen LogP contribution is -2.30. The zero-order valence-electron chi connectivity index (χ0n) is 16.4. The average Bonchev–Trinajstić information content (AvgIpc) is 3.30. The zero-order chi connectivity index (χ0) is 21.0. The van der Waals surface area contributed by atoms with Gasteiger partial charge in [0, 0.05) is 19.2 Å². The number of carbonyl (C=O) groups excluding carboxylic acids is 2. The van der Waals surface area contributed by atoms with Gasteiger partial charge in [0.1, 0.15) is 11.1 Å². The molecule has 1 aromatic heterocycles. The predicted molar refractivity (Wildman–Crippen MR) is 111 cm³/mol. The van der Waals surface area contributed by atoms with Crippen molar-refractivity contribution in [1.82, 2.24) is 4.90 Å². The summed E-state index contributed by atoms with van der Waals surface area (Å²) in [6, 6.07) is 7.47. The van der Waals surface area contributed by atoms with E-state index in [-0.39, 0.29) is 18.6 Å². The molecule has 1 aliphatic rings. The second-order valence-electron chi connectivity index (χ2n) is 6.28. The molecule has 150 valence electrons. The fourth-order valence-corrected chi connectivity index (χ4v) is 4.06. The van der Waals surface area contributed by atoms with Crippen molar-refractivity contribution in [1.29, 1.82) is 5.26 Å². The Labute approximate surface area is 173 Å². The van der Waals surface area contributed by atoms with Gasteiger partial charge in [0.15, 0.2) is 11.5 Å². The lowest BCUT2D eigenvalue weighted by molar-refractivity contribution is -0.111. The molecule has 1 N–H and O–H groups in total. The van der Waals surface area contributed by atoms with Crippen LogP contribution in [0.15, 0.2) is 24.3 Å². The molecule has 3 rings (SSSR count). The third-order valence-electron chi connectivity index (χ3n) is 4.56. The van der Waals surface area contributed by atoms with Gasteiger partial charge in [-0.25, -0.2) is 0 Å². The van der Waals surface area contributed by atoms with Crippen LogP contribution in [0, 0.1) is 18.3 Å². The van der Waals surface area contributed by atoms with Crippen LogP contribution in [-0.4, -0.2) is 36.6 Å². The van der Waals surface area contributed by atoms with Crippen LogP contribution in [0.5, 0.6) is 11.5 Å². The Morgan fingerprint density at radius 3 is 2.69 bits per heavy atom. The summed E-state index contributed by atoms with van der Waals surface area (Å²) in [5.41, 5.74) is 1.68. The first kappa shape index (κ1) is 20.4. The third kappa shape index (κ3) is 4.25. The lowest BCUT2D eigenvalue weighted by atomic mass is 10.1. The maximum absolute atomic E-state index is 12.7. The molecule has 8 heteroatoms. The Morgan fingerprint density at radius 2 is 2.00 bits per heavy atom. The van der Waals surface area contributed by atoms with Gasteiger partial charge in [0.05, 0.1) is 10.4 Å². The molecule has 2 aromatic rings. The van der Waals surface area contributed by atoms with Crippen LogP contribution in [0.3, 0.4) is 0 Å². The van der Waals surface area contributed by atoms with Crippen molar-refractivity contribution in [2.45, 2.75) is 20.8 Å². The number of thiophene rings is 1. The number of ether oxygens (including phenoxy) is 2. The molecule has 7 nitrogen and oxygen atoms in total. The van der Waals surface area contributed by atoms with Gasteiger partial charge in [0.25, 0.3) is 5.91 Å². The van der Waals surface area contributed by atoms with E-state index >= 15 is 0 Å². The van der Waals surface area contributed by atoms with Crippen molar-refractivity contribution in [2.24, 2.45) is 0 Å². The molecule has 0 unspecified atom stereocenters. The largest absolute Gasteiger partial charge is 0.454 e. The van der Waals surface area contributed by atoms with E-state index in [1.165, 1.54) is 6.08 Å². The molecule has 2 amide bonds. The highest BCUT2D eigenvalue weighted by Crippen LogP contribution is 2.34. The van der Waals surface area contributed by atoms with Gasteiger partial charge in [-0.15, -0.1) is 11.3 Å². The first-order chi connectivity index (χ1) is 14.0. The molecule has 2 heterocycles. The highest BCUT2D eigenvalue weighted by atomic mass is 32.1. The summed E-state index contributed by atoms with van der Waals surface area (Å²) >= 11 is 1.13. The molecular formula is C21H21N3O4S. The Bertz CT molecular complexity index is 1020. The highest BCUT2D eigenvalue weighted by molar-refractivity contribution is 7.18. The SMILES string of the molecule is CCN(CC)C(=O)c1sc(NC(=O)C=Cc2ccc3c(c2)OCO3)c(C#N)c1C. The van der Waals surface area contributed by atoms with E-state index in [1.807, 2.05) is 19.9 Å². The quantitative estimate of drug-likeness (QED) is 0.730. The zero-order valence-corrected chi connectivity index (χ0v) is 17.3. The van der Waals surface area contributed by atoms with E-state index in [4.69, 9.17) is 9.47 Å². The summed E-state index contributed by atoms with van der Waals surface area (Å²) in [7, 11) is 0. The van der Waals surface area contributed by atoms with Crippen molar-refractivity contribution in [3.63, 3.8) is 0 Å². The highest BCUT2D eigenvalue weighted by Gasteiger charge is 2.23. The summed E-state index contributed by atoms with van der Waals surface area (Å²) in [6.45, 7) is 6.87. The van der Waals surface area contributed by atoms with E-state index in [1.54, 1.807) is 30.0 Å². The van der Waals surface area contributed by atoms with Crippen molar-refractivity contribution < 1.29 is 19.1 Å². The minimum absolute atomic E-state index is 0.134. The molecular weight excluding hydrogens is 390 g/mol. The standard InChI is InChI=1S/C21H21N3O4S/c1-4-24(5-2)21(26)19-13(3)15(11-22)20(29-19)23-18(25)9-7-14-6-8-16-17(10-14)28-12-27-16/h6-10H,4-5,12H2,1-3H3,(H,23,25). The topological polar surface area (TPSA) is 91.7 Å². The Morgan fingerprint density at radius 1 is 1.28 bits per heavy atom. The van der Waals surface area contributed by atoms with E-state index in [0.29, 0.717) is 45.6 Å². The number of anilines is 1. The Hall–Kier alpha value is -3.31. The smallest absolute Gasteiger partial charge is 0.264 e. The maximum Gasteiger partial charge on any atom is 0.264 e. The molecule has 0 radical (unpaired) electrons. The fraction of sp³-hybridized carbons (Fsp3) is 0.286. The molecule has 0 fully saturated rings. The second-order valence-corrected chi connectivity index (χ2v) is 7.31. The van der Waals surface area contributed by atoms with Gasteiger partial charge in [-0.05, 0) is 50.1 Å². The van der Waals surface area contributed by atoms with Crippen molar-refractivity contribution in [3.05, 3.63) is 45.8 Å². The molecule has 0 aliphatic carbocycles. The van der Waals surface area contributed by atoms with Crippen LogP contribution in [0.1, 0.15) is 40.2 Å². The van der Waals surface area contributed by atoms with Gasteiger partial charge < -0.3 is 19.7 Å². The minimum atomic E-state index is -0.387. The first-order valence-corrected chi connectivity index (χ1v) is 10.0. The van der Waals surface area contributed by atoms with E-state index in [9.17, 15) is 14.9 Å². The van der Waals surface area contributed by atoms with Gasteiger partial charge in [0.2, 0.25) is 12.7 Å². The monoisotopic (exact) mass is 411 g/mol. The number of nitriles is 1. The van der Waals surface area contributed by atoms with Crippen molar-refractivity contribution in [3.8, 4) is 17.6 Å². The van der Waals surface area contributed by atoms with Crippen molar-refractivity contribution in [2.75, 3.05) is 25.2 Å². The molecule has 0 spiro atoms. The summed E-state index contributed by atoms with van der Waals surface area (Å²) in [6.07, 6.45) is 3.02. The Kier molecular flexibility index (Phi) is 6.20. The summed E-state index contributed by atoms with van der Waals surface area (Å²) in [5.74, 6) is 0.783. The van der Waals surface area contributed by atoms with Crippen molar-refractivity contribution >= 4 is 34.2 Å². The molecule has 29 heavy (non-hydrogen) atoms. The maximum atomic E-state index is 12.7. The second kappa shape index (κ2) is 8.80. The number of nitrogens with zero attached hydrogens (tertiary/aromatic N) is 2. The Balaban J connectivity index is 1.77. The normalized spacial score (nSPS) is 12.1. The van der Waals surface area contributed by atoms with Crippen LogP contribution < -0.4 is 14.8 Å². The van der Waals surface area contributed by atoms with Crippen LogP contribution in [0.2, 0.25) is 0 Å². The number of hydrogen-bond donors (Lipinski definition) is 1. The van der Waals surface area contributed by atoms with E-state index < -0.39 is 0 Å². The molecule has 0 saturated carbocycles. The van der Waals surface area contributed by atoms with Gasteiger partial charge >= 0.3 is 0 Å². The average molecular weight is 411 g/mol. The summed E-state index contributed by atoms with van der Waals surface area (Å²) in [5, 5.41) is 12.6. The number of benzene rings is 1. The van der Waals surface area contributed by atoms with Crippen LogP contribution in [0.4, 0.5) is 5.00 Å². The summed E-state index contributed by atoms with van der Waals surface area (Å²) in [4.78, 5) is 27.2. The fourth-order valence-electron chi connectivity index (χ4n) is 2.94. The summed E-state index contributed by atoms with van der Waals surface area (Å²) < 4.78 is 10.6. The van der Waals surface area contributed by atoms with Gasteiger partial charge in [-0.3, -0.25) is 9.59 Å². The van der Waals surface area contributed by atoms with E-state index in [2.05, 4.69) is 11.4 Å². The lowest BCUT2D eigenvalue weighted by Gasteiger charge is -2.17.